The summed E-state index contributed by atoms with van der Waals surface area (Å²) in [6.45, 7) is -0.223. The highest BCUT2D eigenvalue weighted by molar-refractivity contribution is 6.31. The highest BCUT2D eigenvalue weighted by Crippen LogP contribution is 2.58. The quantitative estimate of drug-likeness (QED) is 0.621. The third kappa shape index (κ3) is 3.58. The van der Waals surface area contributed by atoms with Crippen molar-refractivity contribution < 1.29 is 24.6 Å². The second-order valence-corrected chi connectivity index (χ2v) is 10.2. The fourth-order valence-corrected chi connectivity index (χ4v) is 6.00. The number of likely N-dealkylation sites (tertiary alicyclic amines) is 1. The minimum Gasteiger partial charge on any atom is -0.481 e. The van der Waals surface area contributed by atoms with Crippen LogP contribution in [-0.4, -0.2) is 46.2 Å². The lowest BCUT2D eigenvalue weighted by atomic mass is 9.66. The van der Waals surface area contributed by atoms with Crippen LogP contribution in [0.1, 0.15) is 42.7 Å². The lowest BCUT2D eigenvalue weighted by Crippen LogP contribution is -2.64. The Kier molecular flexibility index (Phi) is 5.82. The summed E-state index contributed by atoms with van der Waals surface area (Å²) in [6, 6.07) is 12.2. The van der Waals surface area contributed by atoms with E-state index in [9.17, 15) is 24.6 Å². The number of nitrogens with zero attached hydrogens (tertiary/aromatic N) is 2. The number of hydrogen-bond acceptors (Lipinski definition) is 4. The molecule has 0 unspecified atom stereocenters. The molecule has 1 saturated carbocycles. The van der Waals surface area contributed by atoms with Gasteiger partial charge in [-0.05, 0) is 55.0 Å². The van der Waals surface area contributed by atoms with Gasteiger partial charge in [0.2, 0.25) is 5.91 Å². The SMILES string of the molecule is O=C(O)C[C@@H]1C[C@@H](c2cccc(Cl)c2)[C@@]2(C(=O)N(CO)c3cc(Cl)ccc32)N(CC2CC2)C1=O. The van der Waals surface area contributed by atoms with Gasteiger partial charge in [-0.1, -0.05) is 41.4 Å². The molecule has 2 amide bonds. The lowest BCUT2D eigenvalue weighted by Gasteiger charge is -2.51. The second-order valence-electron chi connectivity index (χ2n) is 9.33. The van der Waals surface area contributed by atoms with Crippen molar-refractivity contribution in [2.75, 3.05) is 18.2 Å². The number of aliphatic hydroxyl groups excluding tert-OH is 1. The van der Waals surface area contributed by atoms with Gasteiger partial charge in [0.1, 0.15) is 6.73 Å². The van der Waals surface area contributed by atoms with Crippen LogP contribution in [0, 0.1) is 11.8 Å². The number of carboxylic acids is 1. The topological polar surface area (TPSA) is 98.2 Å². The van der Waals surface area contributed by atoms with E-state index < -0.39 is 36.0 Å². The number of piperidine rings is 1. The summed E-state index contributed by atoms with van der Waals surface area (Å²) in [5, 5.41) is 20.6. The van der Waals surface area contributed by atoms with E-state index in [0.717, 1.165) is 18.4 Å². The first kappa shape index (κ1) is 23.1. The standard InChI is InChI=1S/C25H24Cl2N2O5/c26-17-3-1-2-15(8-17)20-9-16(10-22(31)32)23(33)29(12-14-4-5-14)25(20)19-7-6-18(27)11-21(19)28(13-30)24(25)34/h1-3,6-8,11,14,16,20,30H,4-5,9-10,12-13H2,(H,31,32)/t16-,20-,25-/m0/s1. The number of aliphatic hydroxyl groups is 1. The molecule has 2 aromatic carbocycles. The average Bonchev–Trinajstić information content (AvgIpc) is 3.57. The van der Waals surface area contributed by atoms with E-state index in [0.29, 0.717) is 27.8 Å². The van der Waals surface area contributed by atoms with Crippen molar-refractivity contribution in [2.24, 2.45) is 11.8 Å². The summed E-state index contributed by atoms with van der Waals surface area (Å²) in [5.41, 5.74) is 0.355. The highest BCUT2D eigenvalue weighted by atomic mass is 35.5. The molecular weight excluding hydrogens is 479 g/mol. The highest BCUT2D eigenvalue weighted by Gasteiger charge is 2.64. The van der Waals surface area contributed by atoms with E-state index in [4.69, 9.17) is 23.2 Å². The van der Waals surface area contributed by atoms with Gasteiger partial charge < -0.3 is 15.1 Å². The maximum atomic E-state index is 14.2. The molecule has 2 aromatic rings. The van der Waals surface area contributed by atoms with Gasteiger partial charge >= 0.3 is 5.97 Å². The summed E-state index contributed by atoms with van der Waals surface area (Å²) in [5.74, 6) is -2.92. The van der Waals surface area contributed by atoms with Crippen LogP contribution in [-0.2, 0) is 19.9 Å². The smallest absolute Gasteiger partial charge is 0.304 e. The van der Waals surface area contributed by atoms with Crippen molar-refractivity contribution in [2.45, 2.75) is 37.1 Å². The zero-order chi connectivity index (χ0) is 24.2. The molecule has 1 aliphatic carbocycles. The molecular formula is C25H24Cl2N2O5. The second kappa shape index (κ2) is 8.56. The van der Waals surface area contributed by atoms with Crippen LogP contribution in [0.15, 0.2) is 42.5 Å². The molecule has 7 nitrogen and oxygen atoms in total. The predicted molar refractivity (Wildman–Crippen MR) is 127 cm³/mol. The van der Waals surface area contributed by atoms with Crippen LogP contribution < -0.4 is 4.90 Å². The minimum absolute atomic E-state index is 0.166. The fourth-order valence-electron chi connectivity index (χ4n) is 5.63. The summed E-state index contributed by atoms with van der Waals surface area (Å²) >= 11 is 12.6. The van der Waals surface area contributed by atoms with Crippen molar-refractivity contribution in [3.05, 3.63) is 63.6 Å². The summed E-state index contributed by atoms with van der Waals surface area (Å²) in [7, 11) is 0. The molecule has 1 saturated heterocycles. The number of aliphatic carboxylic acids is 1. The van der Waals surface area contributed by atoms with Crippen LogP contribution in [0.2, 0.25) is 10.0 Å². The van der Waals surface area contributed by atoms with E-state index in [-0.39, 0.29) is 24.7 Å². The largest absolute Gasteiger partial charge is 0.481 e. The van der Waals surface area contributed by atoms with Gasteiger partial charge in [0, 0.05) is 34.0 Å². The number of rotatable bonds is 6. The lowest BCUT2D eigenvalue weighted by molar-refractivity contribution is -0.161. The van der Waals surface area contributed by atoms with Crippen LogP contribution in [0.25, 0.3) is 0 Å². The van der Waals surface area contributed by atoms with Gasteiger partial charge in [0.05, 0.1) is 12.1 Å². The molecule has 2 fully saturated rings. The van der Waals surface area contributed by atoms with Gasteiger partial charge in [-0.25, -0.2) is 0 Å². The van der Waals surface area contributed by atoms with Crippen molar-refractivity contribution in [1.29, 1.82) is 0 Å². The minimum atomic E-state index is -1.43. The number of halogens is 2. The Labute approximate surface area is 206 Å². The molecule has 0 bridgehead atoms. The number of hydrogen-bond donors (Lipinski definition) is 2. The number of carbonyl (C=O) groups excluding carboxylic acids is 2. The maximum Gasteiger partial charge on any atom is 0.304 e. The molecule has 178 valence electrons. The van der Waals surface area contributed by atoms with Crippen LogP contribution in [0.4, 0.5) is 5.69 Å². The van der Waals surface area contributed by atoms with E-state index in [1.165, 1.54) is 4.90 Å². The van der Waals surface area contributed by atoms with Crippen molar-refractivity contribution >= 4 is 46.7 Å². The van der Waals surface area contributed by atoms with Gasteiger partial charge in [-0.2, -0.15) is 0 Å². The molecule has 3 atom stereocenters. The normalized spacial score (nSPS) is 26.3. The number of benzene rings is 2. The monoisotopic (exact) mass is 502 g/mol. The van der Waals surface area contributed by atoms with Crippen molar-refractivity contribution in [3.63, 3.8) is 0 Å². The van der Waals surface area contributed by atoms with Gasteiger partial charge in [0.25, 0.3) is 5.91 Å². The molecule has 1 spiro atoms. The van der Waals surface area contributed by atoms with Crippen LogP contribution in [0.3, 0.4) is 0 Å². The third-order valence-corrected chi connectivity index (χ3v) is 7.72. The fraction of sp³-hybridized carbons (Fsp3) is 0.400. The molecule has 5 rings (SSSR count). The number of carboxylic acid groups (broad SMARTS) is 1. The van der Waals surface area contributed by atoms with Gasteiger partial charge in [-0.15, -0.1) is 0 Å². The zero-order valence-electron chi connectivity index (χ0n) is 18.3. The molecule has 0 aromatic heterocycles. The first-order valence-corrected chi connectivity index (χ1v) is 12.0. The Balaban J connectivity index is 1.78. The first-order chi connectivity index (χ1) is 16.3. The summed E-state index contributed by atoms with van der Waals surface area (Å²) in [4.78, 5) is 42.5. The molecule has 3 aliphatic rings. The molecule has 2 heterocycles. The molecule has 2 aliphatic heterocycles. The summed E-state index contributed by atoms with van der Waals surface area (Å²) in [6.07, 6.45) is 1.73. The Hall–Kier alpha value is -2.61. The number of carbonyl (C=O) groups is 3. The number of anilines is 1. The zero-order valence-corrected chi connectivity index (χ0v) is 19.8. The van der Waals surface area contributed by atoms with Gasteiger partial charge in [0.15, 0.2) is 5.54 Å². The molecule has 2 N–H and O–H groups in total. The molecule has 34 heavy (non-hydrogen) atoms. The van der Waals surface area contributed by atoms with Crippen molar-refractivity contribution in [3.8, 4) is 0 Å². The number of amides is 2. The average molecular weight is 503 g/mol. The Morgan fingerprint density at radius 1 is 1.09 bits per heavy atom. The Morgan fingerprint density at radius 2 is 1.82 bits per heavy atom. The van der Waals surface area contributed by atoms with E-state index >= 15 is 0 Å². The first-order valence-electron chi connectivity index (χ1n) is 11.3. The van der Waals surface area contributed by atoms with E-state index in [2.05, 4.69) is 0 Å². The molecule has 9 heteroatoms. The van der Waals surface area contributed by atoms with E-state index in [1.54, 1.807) is 41.3 Å². The summed E-state index contributed by atoms with van der Waals surface area (Å²) < 4.78 is 0. The maximum absolute atomic E-state index is 14.2. The Bertz CT molecular complexity index is 1180. The number of fused-ring (bicyclic) bond motifs is 2. The third-order valence-electron chi connectivity index (χ3n) is 7.25. The molecule has 0 radical (unpaired) electrons. The van der Waals surface area contributed by atoms with Crippen molar-refractivity contribution in [1.82, 2.24) is 4.90 Å². The van der Waals surface area contributed by atoms with E-state index in [1.807, 2.05) is 6.07 Å². The van der Waals surface area contributed by atoms with Gasteiger partial charge in [-0.3, -0.25) is 19.3 Å². The van der Waals surface area contributed by atoms with Crippen LogP contribution >= 0.6 is 23.2 Å². The Morgan fingerprint density at radius 3 is 2.47 bits per heavy atom. The predicted octanol–water partition coefficient (Wildman–Crippen LogP) is 4.00. The van der Waals surface area contributed by atoms with Crippen LogP contribution in [0.5, 0.6) is 0 Å².